The van der Waals surface area contributed by atoms with E-state index >= 15 is 0 Å². The monoisotopic (exact) mass is 980 g/mol. The number of esters is 1. The lowest BCUT2D eigenvalue weighted by Crippen LogP contribution is -2.58. The Bertz CT molecular complexity index is 2380. The van der Waals surface area contributed by atoms with Gasteiger partial charge in [-0.1, -0.05) is 84.2 Å². The summed E-state index contributed by atoms with van der Waals surface area (Å²) in [6.45, 7) is 12.0. The van der Waals surface area contributed by atoms with Crippen molar-refractivity contribution in [1.82, 2.24) is 26.6 Å². The molecule has 6 atom stereocenters. The standard InChI is InChI=1S/C53H68N6O10S/c1-34(46(61)44(32-54)70-29-17-18-30-70)56-49(64)43(31-35-19-9-8-10-20-35)58-48(63)42(26-27-45(60)68-52(2,3)4)57-47(62)41(25-15-16-28-55-50(65)69-53(5,6)7)59-51(66)67-33-40-38-23-13-11-21-36(38)37-22-12-14-24-39(37)40/h8-14,19-24,29,34,40-44H,15-18,25-28,30-31,33H2,1-7H3,(H,55,65)(H,56,64)(H,57,62)(H,58,63)(H,59,66)/t34-,41-,42-,43-,44?,70?/m0/s1. The first-order chi connectivity index (χ1) is 33.2. The molecule has 5 amide bonds. The molecule has 0 radical (unpaired) electrons. The fourth-order valence-electron chi connectivity index (χ4n) is 8.23. The summed E-state index contributed by atoms with van der Waals surface area (Å²) in [4.78, 5) is 95.5. The van der Waals surface area contributed by atoms with Crippen molar-refractivity contribution >= 4 is 57.5 Å². The Morgan fingerprint density at radius 2 is 1.27 bits per heavy atom. The van der Waals surface area contributed by atoms with Crippen LogP contribution in [0.1, 0.15) is 116 Å². The third kappa shape index (κ3) is 16.6. The Hall–Kier alpha value is -6.54. The summed E-state index contributed by atoms with van der Waals surface area (Å²) >= 11 is 0. The molecule has 2 aliphatic rings. The average molecular weight is 981 g/mol. The van der Waals surface area contributed by atoms with E-state index in [0.717, 1.165) is 40.8 Å². The van der Waals surface area contributed by atoms with Crippen LogP contribution in [-0.4, -0.2) is 107 Å². The number of hydrogen-bond acceptors (Lipinski definition) is 11. The van der Waals surface area contributed by atoms with E-state index in [1.807, 2.05) is 53.9 Å². The largest absolute Gasteiger partial charge is 0.460 e. The fourth-order valence-corrected chi connectivity index (χ4v) is 10.4. The minimum absolute atomic E-state index is 0.00478. The molecule has 5 N–H and O–H groups in total. The van der Waals surface area contributed by atoms with E-state index in [9.17, 15) is 38.8 Å². The van der Waals surface area contributed by atoms with E-state index in [0.29, 0.717) is 18.4 Å². The van der Waals surface area contributed by atoms with Gasteiger partial charge in [-0.3, -0.25) is 24.0 Å². The molecular weight excluding hydrogens is 913 g/mol. The van der Waals surface area contributed by atoms with Gasteiger partial charge >= 0.3 is 18.2 Å². The lowest BCUT2D eigenvalue weighted by atomic mass is 9.98. The van der Waals surface area contributed by atoms with Crippen LogP contribution in [0.15, 0.2) is 78.9 Å². The number of carbonyl (C=O) groups is 7. The number of hydrogen-bond donors (Lipinski definition) is 5. The molecule has 5 rings (SSSR count). The molecule has 0 fully saturated rings. The second kappa shape index (κ2) is 25.4. The number of fused-ring (bicyclic) bond motifs is 3. The third-order valence-electron chi connectivity index (χ3n) is 11.5. The molecule has 0 saturated heterocycles. The lowest BCUT2D eigenvalue weighted by Gasteiger charge is -2.27. The van der Waals surface area contributed by atoms with Crippen LogP contribution in [0.5, 0.6) is 0 Å². The maximum Gasteiger partial charge on any atom is 0.407 e. The number of benzene rings is 3. The van der Waals surface area contributed by atoms with E-state index in [4.69, 9.17) is 14.2 Å². The number of unbranched alkanes of at least 4 members (excludes halogenated alkanes) is 1. The highest BCUT2D eigenvalue weighted by Gasteiger charge is 2.35. The molecule has 3 aromatic carbocycles. The molecule has 0 bridgehead atoms. The van der Waals surface area contributed by atoms with Crippen molar-refractivity contribution in [3.8, 4) is 17.2 Å². The zero-order chi connectivity index (χ0) is 51.0. The van der Waals surface area contributed by atoms with Gasteiger partial charge in [-0.25, -0.2) is 9.59 Å². The van der Waals surface area contributed by atoms with Crippen molar-refractivity contribution in [3.05, 3.63) is 95.6 Å². The van der Waals surface area contributed by atoms with Crippen molar-refractivity contribution in [3.63, 3.8) is 0 Å². The molecule has 1 aliphatic carbocycles. The molecule has 17 heteroatoms. The van der Waals surface area contributed by atoms with Crippen molar-refractivity contribution in [2.24, 2.45) is 0 Å². The highest BCUT2D eigenvalue weighted by Crippen LogP contribution is 2.44. The van der Waals surface area contributed by atoms with Crippen LogP contribution in [0.3, 0.4) is 0 Å². The number of alkyl carbamates (subject to hydrolysis) is 2. The van der Waals surface area contributed by atoms with Gasteiger partial charge in [0.1, 0.15) is 41.2 Å². The predicted octanol–water partition coefficient (Wildman–Crippen LogP) is 6.75. The molecule has 2 unspecified atom stereocenters. The molecule has 0 aromatic heterocycles. The second-order valence-electron chi connectivity index (χ2n) is 19.5. The van der Waals surface area contributed by atoms with Crippen LogP contribution in [0.25, 0.3) is 11.1 Å². The Kier molecular flexibility index (Phi) is 19.7. The Morgan fingerprint density at radius 1 is 0.700 bits per heavy atom. The summed E-state index contributed by atoms with van der Waals surface area (Å²) in [5.74, 6) is -2.88. The van der Waals surface area contributed by atoms with E-state index < -0.39 is 92.8 Å². The maximum absolute atomic E-state index is 14.5. The van der Waals surface area contributed by atoms with Crippen LogP contribution in [-0.2, 0) is 44.6 Å². The third-order valence-corrected chi connectivity index (χ3v) is 13.9. The van der Waals surface area contributed by atoms with Crippen LogP contribution in [0, 0.1) is 11.3 Å². The van der Waals surface area contributed by atoms with Crippen molar-refractivity contribution in [1.29, 1.82) is 5.26 Å². The van der Waals surface area contributed by atoms with Gasteiger partial charge in [-0.05, 0) is 121 Å². The van der Waals surface area contributed by atoms with E-state index in [2.05, 4.69) is 32.7 Å². The van der Waals surface area contributed by atoms with E-state index in [1.165, 1.54) is 6.92 Å². The molecular formula is C53H68N6O10S. The SMILES string of the molecule is C[C@H](NC(=O)[C@H](Cc1ccccc1)NC(=O)[C@H](CCC(=O)OC(C)(C)C)NC(=O)[C@H](CCCCNC(=O)OC(C)(C)C)NC(=O)OCC1c2ccccc2-c2ccccc21)C(=O)C(C#N)S1=CCCC1. The van der Waals surface area contributed by atoms with Crippen LogP contribution >= 0.6 is 10.5 Å². The van der Waals surface area contributed by atoms with Gasteiger partial charge in [0, 0.05) is 25.3 Å². The normalized spacial score (nSPS) is 16.2. The highest BCUT2D eigenvalue weighted by atomic mass is 32.2. The summed E-state index contributed by atoms with van der Waals surface area (Å²) in [5, 5.41) is 24.6. The summed E-state index contributed by atoms with van der Waals surface area (Å²) < 4.78 is 16.7. The number of rotatable bonds is 22. The molecule has 0 spiro atoms. The topological polar surface area (TPSA) is 231 Å². The van der Waals surface area contributed by atoms with Crippen molar-refractivity contribution in [2.45, 2.75) is 146 Å². The molecule has 1 aliphatic heterocycles. The zero-order valence-electron chi connectivity index (χ0n) is 41.3. The molecule has 376 valence electrons. The number of nitriles is 1. The highest BCUT2D eigenvalue weighted by molar-refractivity contribution is 8.16. The van der Waals surface area contributed by atoms with Gasteiger partial charge in [0.05, 0.1) is 12.1 Å². The maximum atomic E-state index is 14.5. The van der Waals surface area contributed by atoms with Gasteiger partial charge in [-0.2, -0.15) is 15.7 Å². The number of carbonyl (C=O) groups excluding carboxylic acids is 7. The second-order valence-corrected chi connectivity index (χ2v) is 21.7. The molecule has 0 saturated carbocycles. The number of nitrogens with one attached hydrogen (secondary N) is 5. The van der Waals surface area contributed by atoms with Gasteiger partial charge in [-0.15, -0.1) is 0 Å². The smallest absolute Gasteiger partial charge is 0.407 e. The summed E-state index contributed by atoms with van der Waals surface area (Å²) in [5.41, 5.74) is 3.21. The predicted molar refractivity (Wildman–Crippen MR) is 269 cm³/mol. The molecule has 3 aromatic rings. The Balaban J connectivity index is 1.35. The average Bonchev–Trinajstić information content (AvgIpc) is 3.95. The minimum atomic E-state index is -1.42. The van der Waals surface area contributed by atoms with Gasteiger partial charge in [0.2, 0.25) is 17.7 Å². The Labute approximate surface area is 413 Å². The van der Waals surface area contributed by atoms with E-state index in [1.54, 1.807) is 71.9 Å². The lowest BCUT2D eigenvalue weighted by molar-refractivity contribution is -0.155. The number of ketones is 1. The Morgan fingerprint density at radius 3 is 1.86 bits per heavy atom. The van der Waals surface area contributed by atoms with Crippen LogP contribution in [0.4, 0.5) is 9.59 Å². The van der Waals surface area contributed by atoms with Crippen molar-refractivity contribution < 1.29 is 47.8 Å². The molecule has 1 heterocycles. The fraction of sp³-hybridized carbons (Fsp3) is 0.491. The van der Waals surface area contributed by atoms with Gasteiger partial charge < -0.3 is 40.8 Å². The number of amides is 5. The first kappa shape index (κ1) is 54.4. The minimum Gasteiger partial charge on any atom is -0.460 e. The quantitative estimate of drug-likeness (QED) is 0.0306. The first-order valence-corrected chi connectivity index (χ1v) is 25.5. The van der Waals surface area contributed by atoms with Crippen molar-refractivity contribution in [2.75, 3.05) is 18.9 Å². The van der Waals surface area contributed by atoms with Crippen LogP contribution in [0.2, 0.25) is 0 Å². The van der Waals surface area contributed by atoms with Crippen LogP contribution < -0.4 is 26.6 Å². The first-order valence-electron chi connectivity index (χ1n) is 23.9. The molecule has 70 heavy (non-hydrogen) atoms. The summed E-state index contributed by atoms with van der Waals surface area (Å²) in [6.07, 6.45) is 0.432. The van der Waals surface area contributed by atoms with Gasteiger partial charge in [0.25, 0.3) is 0 Å². The van der Waals surface area contributed by atoms with Gasteiger partial charge in [0.15, 0.2) is 5.78 Å². The zero-order valence-corrected chi connectivity index (χ0v) is 42.1. The summed E-state index contributed by atoms with van der Waals surface area (Å²) in [7, 11) is -0.533. The van der Waals surface area contributed by atoms with E-state index in [-0.39, 0.29) is 44.8 Å². The number of nitrogens with zero attached hydrogens (tertiary/aromatic N) is 1. The molecule has 16 nitrogen and oxygen atoms in total. The summed E-state index contributed by atoms with van der Waals surface area (Å²) in [6, 6.07) is 21.8. The number of ether oxygens (including phenoxy) is 3. The number of Topliss-reactive ketones (excluding diaryl/α,β-unsaturated/α-hetero) is 1.